The minimum atomic E-state index is -0.490. The molecular formula is C9H10BrNO2S. The molecular weight excluding hydrogens is 266 g/mol. The van der Waals surface area contributed by atoms with E-state index in [2.05, 4.69) is 21.2 Å². The smallest absolute Gasteiger partial charge is 0.233 e. The second-order valence-corrected chi connectivity index (χ2v) is 5.96. The molecule has 1 heterocycles. The highest BCUT2D eigenvalue weighted by molar-refractivity contribution is 9.11. The molecule has 2 rings (SSSR count). The van der Waals surface area contributed by atoms with Gasteiger partial charge in [0.2, 0.25) is 5.91 Å². The SMILES string of the molecule is O=C(Nc1ccc(Br)s1)C1(CO)CC1. The Hall–Kier alpha value is -0.390. The van der Waals surface area contributed by atoms with Crippen molar-refractivity contribution in [2.24, 2.45) is 5.41 Å². The van der Waals surface area contributed by atoms with E-state index >= 15 is 0 Å². The lowest BCUT2D eigenvalue weighted by Gasteiger charge is -2.10. The van der Waals surface area contributed by atoms with E-state index in [1.165, 1.54) is 11.3 Å². The largest absolute Gasteiger partial charge is 0.395 e. The Morgan fingerprint density at radius 3 is 2.79 bits per heavy atom. The molecule has 3 nitrogen and oxygen atoms in total. The number of thiophene rings is 1. The monoisotopic (exact) mass is 275 g/mol. The molecule has 1 aromatic rings. The summed E-state index contributed by atoms with van der Waals surface area (Å²) in [6, 6.07) is 3.74. The summed E-state index contributed by atoms with van der Waals surface area (Å²) in [5, 5.41) is 12.7. The van der Waals surface area contributed by atoms with E-state index in [0.29, 0.717) is 0 Å². The highest BCUT2D eigenvalue weighted by Crippen LogP contribution is 2.46. The van der Waals surface area contributed by atoms with Crippen molar-refractivity contribution in [3.8, 4) is 0 Å². The van der Waals surface area contributed by atoms with E-state index in [1.54, 1.807) is 0 Å². The zero-order chi connectivity index (χ0) is 10.2. The van der Waals surface area contributed by atoms with Gasteiger partial charge in [-0.3, -0.25) is 4.79 Å². The molecule has 0 spiro atoms. The summed E-state index contributed by atoms with van der Waals surface area (Å²) in [6.45, 7) is -0.0502. The predicted molar refractivity (Wildman–Crippen MR) is 59.4 cm³/mol. The average molecular weight is 276 g/mol. The van der Waals surface area contributed by atoms with Crippen LogP contribution in [-0.2, 0) is 4.79 Å². The number of aliphatic hydroxyl groups is 1. The molecule has 1 aromatic heterocycles. The fourth-order valence-corrected chi connectivity index (χ4v) is 2.52. The molecule has 1 amide bonds. The second kappa shape index (κ2) is 3.64. The first-order valence-electron chi connectivity index (χ1n) is 4.34. The van der Waals surface area contributed by atoms with E-state index in [4.69, 9.17) is 5.11 Å². The van der Waals surface area contributed by atoms with Gasteiger partial charge in [0.25, 0.3) is 0 Å². The van der Waals surface area contributed by atoms with Crippen molar-refractivity contribution < 1.29 is 9.90 Å². The molecule has 76 valence electrons. The third-order valence-electron chi connectivity index (χ3n) is 2.45. The Balaban J connectivity index is 2.01. The number of hydrogen-bond donors (Lipinski definition) is 2. The van der Waals surface area contributed by atoms with E-state index < -0.39 is 5.41 Å². The van der Waals surface area contributed by atoms with Crippen LogP contribution in [0.4, 0.5) is 5.00 Å². The summed E-state index contributed by atoms with van der Waals surface area (Å²) < 4.78 is 0.988. The van der Waals surface area contributed by atoms with Gasteiger partial charge >= 0.3 is 0 Å². The van der Waals surface area contributed by atoms with Gasteiger partial charge in [0.05, 0.1) is 20.8 Å². The van der Waals surface area contributed by atoms with Crippen LogP contribution in [0.5, 0.6) is 0 Å². The molecule has 0 unspecified atom stereocenters. The van der Waals surface area contributed by atoms with Crippen LogP contribution in [0.25, 0.3) is 0 Å². The molecule has 0 radical (unpaired) electrons. The highest BCUT2D eigenvalue weighted by Gasteiger charge is 2.49. The number of aliphatic hydroxyl groups excluding tert-OH is 1. The van der Waals surface area contributed by atoms with E-state index in [9.17, 15) is 4.79 Å². The van der Waals surface area contributed by atoms with Gasteiger partial charge in [-0.1, -0.05) is 0 Å². The number of carbonyl (C=O) groups is 1. The van der Waals surface area contributed by atoms with Crippen molar-refractivity contribution in [3.05, 3.63) is 15.9 Å². The predicted octanol–water partition coefficient (Wildman–Crippen LogP) is 2.22. The van der Waals surface area contributed by atoms with Crippen molar-refractivity contribution in [3.63, 3.8) is 0 Å². The van der Waals surface area contributed by atoms with Crippen molar-refractivity contribution in [2.45, 2.75) is 12.8 Å². The lowest BCUT2D eigenvalue weighted by atomic mass is 10.1. The van der Waals surface area contributed by atoms with Crippen LogP contribution in [0.15, 0.2) is 15.9 Å². The van der Waals surface area contributed by atoms with Crippen LogP contribution < -0.4 is 5.32 Å². The number of halogens is 1. The molecule has 1 fully saturated rings. The van der Waals surface area contributed by atoms with Gasteiger partial charge in [-0.15, -0.1) is 11.3 Å². The van der Waals surface area contributed by atoms with Gasteiger partial charge in [-0.2, -0.15) is 0 Å². The van der Waals surface area contributed by atoms with Crippen molar-refractivity contribution in [1.82, 2.24) is 0 Å². The number of amides is 1. The number of carbonyl (C=O) groups excluding carboxylic acids is 1. The maximum absolute atomic E-state index is 11.7. The number of nitrogens with one attached hydrogen (secondary N) is 1. The van der Waals surface area contributed by atoms with Crippen LogP contribution in [-0.4, -0.2) is 17.6 Å². The summed E-state index contributed by atoms with van der Waals surface area (Å²) >= 11 is 4.80. The summed E-state index contributed by atoms with van der Waals surface area (Å²) in [5.41, 5.74) is -0.490. The van der Waals surface area contributed by atoms with Crippen molar-refractivity contribution in [2.75, 3.05) is 11.9 Å². The van der Waals surface area contributed by atoms with Crippen LogP contribution >= 0.6 is 27.3 Å². The zero-order valence-electron chi connectivity index (χ0n) is 7.42. The first-order chi connectivity index (χ1) is 6.66. The summed E-state index contributed by atoms with van der Waals surface area (Å²) in [6.07, 6.45) is 1.59. The van der Waals surface area contributed by atoms with Gasteiger partial charge in [0.1, 0.15) is 0 Å². The molecule has 5 heteroatoms. The maximum Gasteiger partial charge on any atom is 0.233 e. The molecule has 0 aliphatic heterocycles. The first-order valence-corrected chi connectivity index (χ1v) is 5.95. The number of hydrogen-bond acceptors (Lipinski definition) is 3. The molecule has 1 aliphatic carbocycles. The van der Waals surface area contributed by atoms with E-state index in [-0.39, 0.29) is 12.5 Å². The quantitative estimate of drug-likeness (QED) is 0.889. The Bertz CT molecular complexity index is 359. The van der Waals surface area contributed by atoms with Crippen molar-refractivity contribution >= 4 is 38.2 Å². The Labute approximate surface area is 94.3 Å². The summed E-state index contributed by atoms with van der Waals surface area (Å²) in [4.78, 5) is 11.7. The second-order valence-electron chi connectivity index (χ2n) is 3.50. The third kappa shape index (κ3) is 1.85. The third-order valence-corrected chi connectivity index (χ3v) is 3.99. The lowest BCUT2D eigenvalue weighted by Crippen LogP contribution is -2.26. The van der Waals surface area contributed by atoms with E-state index in [0.717, 1.165) is 21.6 Å². The molecule has 0 aromatic carbocycles. The normalized spacial score (nSPS) is 17.9. The minimum absolute atomic E-state index is 0.0502. The molecule has 0 atom stereocenters. The fourth-order valence-electron chi connectivity index (χ4n) is 1.23. The van der Waals surface area contributed by atoms with Crippen LogP contribution in [0.3, 0.4) is 0 Å². The zero-order valence-corrected chi connectivity index (χ0v) is 9.82. The number of anilines is 1. The molecule has 1 aliphatic rings. The van der Waals surface area contributed by atoms with Gasteiger partial charge in [-0.05, 0) is 40.9 Å². The Kier molecular flexibility index (Phi) is 2.64. The Morgan fingerprint density at radius 2 is 2.36 bits per heavy atom. The van der Waals surface area contributed by atoms with Gasteiger partial charge in [0.15, 0.2) is 0 Å². The fraction of sp³-hybridized carbons (Fsp3) is 0.444. The highest BCUT2D eigenvalue weighted by atomic mass is 79.9. The molecule has 0 bridgehead atoms. The van der Waals surface area contributed by atoms with Gasteiger partial charge in [-0.25, -0.2) is 0 Å². The topological polar surface area (TPSA) is 49.3 Å². The molecule has 2 N–H and O–H groups in total. The number of rotatable bonds is 3. The minimum Gasteiger partial charge on any atom is -0.395 e. The van der Waals surface area contributed by atoms with E-state index in [1.807, 2.05) is 12.1 Å². The van der Waals surface area contributed by atoms with Gasteiger partial charge in [0, 0.05) is 0 Å². The molecule has 0 saturated heterocycles. The maximum atomic E-state index is 11.7. The van der Waals surface area contributed by atoms with Crippen molar-refractivity contribution in [1.29, 1.82) is 0 Å². The average Bonchev–Trinajstić information content (AvgIpc) is 2.87. The molecule has 14 heavy (non-hydrogen) atoms. The van der Waals surface area contributed by atoms with Gasteiger partial charge < -0.3 is 10.4 Å². The summed E-state index contributed by atoms with van der Waals surface area (Å²) in [5.74, 6) is -0.0608. The standard InChI is InChI=1S/C9H10BrNO2S/c10-6-1-2-7(14-6)11-8(13)9(5-12)3-4-9/h1-2,12H,3-5H2,(H,11,13). The molecule has 1 saturated carbocycles. The van der Waals surface area contributed by atoms with Crippen LogP contribution in [0.2, 0.25) is 0 Å². The Morgan fingerprint density at radius 1 is 1.64 bits per heavy atom. The van der Waals surface area contributed by atoms with Crippen LogP contribution in [0.1, 0.15) is 12.8 Å². The van der Waals surface area contributed by atoms with Crippen LogP contribution in [0, 0.1) is 5.41 Å². The lowest BCUT2D eigenvalue weighted by molar-refractivity contribution is -0.122. The summed E-state index contributed by atoms with van der Waals surface area (Å²) in [7, 11) is 0. The first kappa shape index (κ1) is 10.1.